The van der Waals surface area contributed by atoms with Gasteiger partial charge in [0.25, 0.3) is 5.91 Å². The number of halogens is 2. The first kappa shape index (κ1) is 14.8. The topological polar surface area (TPSA) is 53.4 Å². The maximum Gasteiger partial charge on any atom is 0.258 e. The van der Waals surface area contributed by atoms with Crippen molar-refractivity contribution in [1.29, 1.82) is 0 Å². The fraction of sp³-hybridized carbons (Fsp3) is 0.250. The van der Waals surface area contributed by atoms with E-state index in [0.29, 0.717) is 6.54 Å². The van der Waals surface area contributed by atoms with E-state index in [1.165, 1.54) is 0 Å². The number of phenolic OH excluding ortho intramolecular Hbond substituents is 1. The Morgan fingerprint density at radius 1 is 1.36 bits per heavy atom. The first-order valence-electron chi connectivity index (χ1n) is 6.97. The molecule has 2 heterocycles. The Hall–Kier alpha value is -2.14. The lowest BCUT2D eigenvalue weighted by Crippen LogP contribution is -2.30. The van der Waals surface area contributed by atoms with Crippen molar-refractivity contribution in [3.05, 3.63) is 58.6 Å². The predicted octanol–water partition coefficient (Wildman–Crippen LogP) is 3.56. The molecule has 1 N–H and O–H groups in total. The monoisotopic (exact) mass is 320 g/mol. The Bertz CT molecular complexity index is 709. The molecule has 0 saturated carbocycles. The van der Waals surface area contributed by atoms with Crippen LogP contribution in [0.3, 0.4) is 0 Å². The Labute approximate surface area is 132 Å². The Balaban J connectivity index is 1.95. The van der Waals surface area contributed by atoms with Crippen molar-refractivity contribution >= 4 is 17.5 Å². The van der Waals surface area contributed by atoms with Crippen molar-refractivity contribution in [3.63, 3.8) is 0 Å². The van der Waals surface area contributed by atoms with Gasteiger partial charge in [-0.25, -0.2) is 4.39 Å². The molecule has 22 heavy (non-hydrogen) atoms. The number of phenols is 1. The molecule has 2 aromatic rings. The number of likely N-dealkylation sites (tertiary alicyclic amines) is 1. The lowest BCUT2D eigenvalue weighted by molar-refractivity contribution is 0.0732. The normalized spacial score (nSPS) is 17.7. The number of rotatable bonds is 2. The summed E-state index contributed by atoms with van der Waals surface area (Å²) in [5.74, 6) is -1.45. The molecule has 1 fully saturated rings. The summed E-state index contributed by atoms with van der Waals surface area (Å²) in [5, 5.41) is 9.79. The highest BCUT2D eigenvalue weighted by Crippen LogP contribution is 2.36. The van der Waals surface area contributed by atoms with E-state index in [0.717, 1.165) is 30.5 Å². The maximum atomic E-state index is 13.5. The van der Waals surface area contributed by atoms with Gasteiger partial charge in [0.05, 0.1) is 16.6 Å². The van der Waals surface area contributed by atoms with Gasteiger partial charge in [-0.05, 0) is 42.7 Å². The highest BCUT2D eigenvalue weighted by atomic mass is 35.5. The minimum Gasteiger partial charge on any atom is -0.506 e. The number of carbonyl (C=O) groups is 1. The van der Waals surface area contributed by atoms with E-state index in [-0.39, 0.29) is 22.4 Å². The van der Waals surface area contributed by atoms with E-state index in [2.05, 4.69) is 4.98 Å². The number of benzene rings is 1. The minimum atomic E-state index is -0.647. The van der Waals surface area contributed by atoms with Crippen molar-refractivity contribution in [3.8, 4) is 5.75 Å². The van der Waals surface area contributed by atoms with Gasteiger partial charge in [-0.1, -0.05) is 11.6 Å². The van der Waals surface area contributed by atoms with Crippen molar-refractivity contribution in [1.82, 2.24) is 9.88 Å². The van der Waals surface area contributed by atoms with Crippen LogP contribution in [0.15, 0.2) is 36.7 Å². The lowest BCUT2D eigenvalue weighted by Gasteiger charge is -2.25. The molecular formula is C16H14ClFN2O2. The molecule has 1 amide bonds. The molecule has 0 aliphatic carbocycles. The van der Waals surface area contributed by atoms with Gasteiger partial charge in [0.2, 0.25) is 0 Å². The summed E-state index contributed by atoms with van der Waals surface area (Å²) in [6, 6.07) is 5.62. The largest absolute Gasteiger partial charge is 0.506 e. The van der Waals surface area contributed by atoms with Crippen molar-refractivity contribution in [2.24, 2.45) is 0 Å². The van der Waals surface area contributed by atoms with Crippen LogP contribution in [0.25, 0.3) is 0 Å². The zero-order valence-electron chi connectivity index (χ0n) is 11.7. The van der Waals surface area contributed by atoms with Gasteiger partial charge in [0.15, 0.2) is 0 Å². The zero-order chi connectivity index (χ0) is 15.7. The summed E-state index contributed by atoms with van der Waals surface area (Å²) in [4.78, 5) is 18.3. The van der Waals surface area contributed by atoms with Crippen LogP contribution in [0.4, 0.5) is 4.39 Å². The number of pyridine rings is 1. The van der Waals surface area contributed by atoms with Crippen molar-refractivity contribution < 1.29 is 14.3 Å². The fourth-order valence-corrected chi connectivity index (χ4v) is 3.03. The molecular weight excluding hydrogens is 307 g/mol. The Kier molecular flexibility index (Phi) is 3.98. The van der Waals surface area contributed by atoms with E-state index >= 15 is 0 Å². The molecule has 0 spiro atoms. The summed E-state index contributed by atoms with van der Waals surface area (Å²) in [7, 11) is 0. The van der Waals surface area contributed by atoms with Crippen molar-refractivity contribution in [2.45, 2.75) is 18.9 Å². The van der Waals surface area contributed by atoms with E-state index in [9.17, 15) is 14.3 Å². The van der Waals surface area contributed by atoms with Crippen LogP contribution in [0.1, 0.15) is 34.8 Å². The van der Waals surface area contributed by atoms with Crippen LogP contribution in [0, 0.1) is 5.82 Å². The van der Waals surface area contributed by atoms with Crippen LogP contribution in [0.5, 0.6) is 5.75 Å². The van der Waals surface area contributed by atoms with Gasteiger partial charge in [-0.3, -0.25) is 9.78 Å². The van der Waals surface area contributed by atoms with Gasteiger partial charge in [-0.15, -0.1) is 0 Å². The van der Waals surface area contributed by atoms with Gasteiger partial charge in [0, 0.05) is 18.9 Å². The first-order chi connectivity index (χ1) is 10.6. The molecule has 1 aromatic heterocycles. The molecule has 1 atom stereocenters. The molecule has 1 aromatic carbocycles. The van der Waals surface area contributed by atoms with Gasteiger partial charge < -0.3 is 10.0 Å². The van der Waals surface area contributed by atoms with Crippen molar-refractivity contribution in [2.75, 3.05) is 6.54 Å². The molecule has 1 unspecified atom stereocenters. The predicted molar refractivity (Wildman–Crippen MR) is 80.3 cm³/mol. The summed E-state index contributed by atoms with van der Waals surface area (Å²) in [6.07, 6.45) is 5.02. The number of nitrogens with zero attached hydrogens (tertiary/aromatic N) is 2. The molecule has 1 aliphatic rings. The lowest BCUT2D eigenvalue weighted by atomic mass is 10.1. The number of aromatic nitrogens is 1. The quantitative estimate of drug-likeness (QED) is 0.920. The third-order valence-electron chi connectivity index (χ3n) is 3.86. The third kappa shape index (κ3) is 2.64. The first-order valence-corrected chi connectivity index (χ1v) is 7.34. The molecule has 0 radical (unpaired) electrons. The second-order valence-electron chi connectivity index (χ2n) is 5.22. The maximum absolute atomic E-state index is 13.5. The molecule has 1 aliphatic heterocycles. The molecule has 6 heteroatoms. The van der Waals surface area contributed by atoms with Crippen LogP contribution >= 0.6 is 11.6 Å². The van der Waals surface area contributed by atoms with Crippen LogP contribution < -0.4 is 0 Å². The summed E-state index contributed by atoms with van der Waals surface area (Å²) >= 11 is 5.75. The fourth-order valence-electron chi connectivity index (χ4n) is 2.83. The number of hydrogen-bond acceptors (Lipinski definition) is 3. The smallest absolute Gasteiger partial charge is 0.258 e. The van der Waals surface area contributed by atoms with Crippen LogP contribution in [0.2, 0.25) is 5.02 Å². The van der Waals surface area contributed by atoms with E-state index < -0.39 is 11.7 Å². The number of hydrogen-bond donors (Lipinski definition) is 1. The third-order valence-corrected chi connectivity index (χ3v) is 4.15. The van der Waals surface area contributed by atoms with Gasteiger partial charge >= 0.3 is 0 Å². The standard InChI is InChI=1S/C16H14ClFN2O2/c17-13-9-11(18)8-12(15(13)21)16(22)20-7-1-2-14(20)10-3-5-19-6-4-10/h3-6,8-9,14,21H,1-2,7H2. The molecule has 4 nitrogen and oxygen atoms in total. The number of carbonyl (C=O) groups excluding carboxylic acids is 1. The second-order valence-corrected chi connectivity index (χ2v) is 5.63. The summed E-state index contributed by atoms with van der Waals surface area (Å²) < 4.78 is 13.5. The van der Waals surface area contributed by atoms with E-state index in [4.69, 9.17) is 11.6 Å². The second kappa shape index (κ2) is 5.93. The zero-order valence-corrected chi connectivity index (χ0v) is 12.4. The summed E-state index contributed by atoms with van der Waals surface area (Å²) in [5.41, 5.74) is 0.869. The van der Waals surface area contributed by atoms with E-state index in [1.807, 2.05) is 12.1 Å². The average Bonchev–Trinajstić information content (AvgIpc) is 3.00. The van der Waals surface area contributed by atoms with E-state index in [1.54, 1.807) is 17.3 Å². The Morgan fingerprint density at radius 2 is 2.09 bits per heavy atom. The SMILES string of the molecule is O=C(c1cc(F)cc(Cl)c1O)N1CCCC1c1ccncc1. The van der Waals surface area contributed by atoms with Gasteiger partial charge in [-0.2, -0.15) is 0 Å². The number of aromatic hydroxyl groups is 1. The number of amides is 1. The van der Waals surface area contributed by atoms with Crippen LogP contribution in [-0.2, 0) is 0 Å². The molecule has 3 rings (SSSR count). The molecule has 0 bridgehead atoms. The highest BCUT2D eigenvalue weighted by Gasteiger charge is 2.32. The average molecular weight is 321 g/mol. The Morgan fingerprint density at radius 3 is 2.82 bits per heavy atom. The molecule has 114 valence electrons. The highest BCUT2D eigenvalue weighted by molar-refractivity contribution is 6.32. The minimum absolute atomic E-state index is 0.100. The summed E-state index contributed by atoms with van der Waals surface area (Å²) in [6.45, 7) is 0.555. The molecule has 1 saturated heterocycles. The van der Waals surface area contributed by atoms with Gasteiger partial charge in [0.1, 0.15) is 11.6 Å². The van der Waals surface area contributed by atoms with Crippen LogP contribution in [-0.4, -0.2) is 27.4 Å².